The summed E-state index contributed by atoms with van der Waals surface area (Å²) in [6.07, 6.45) is 1.04. The fraction of sp³-hybridized carbons (Fsp3) is 0.600. The van der Waals surface area contributed by atoms with Crippen LogP contribution in [0.15, 0.2) is 23.7 Å². The van der Waals surface area contributed by atoms with Gasteiger partial charge in [-0.05, 0) is 12.0 Å². The molecule has 0 fully saturated rings. The van der Waals surface area contributed by atoms with E-state index in [0.29, 0.717) is 5.92 Å². The SMILES string of the molecule is C=C1C(C)C(CC)=C(OC)N1C. The minimum Gasteiger partial charge on any atom is -0.482 e. The van der Waals surface area contributed by atoms with Crippen LogP contribution in [0.4, 0.5) is 0 Å². The van der Waals surface area contributed by atoms with Crippen molar-refractivity contribution in [3.63, 3.8) is 0 Å². The van der Waals surface area contributed by atoms with Crippen LogP contribution in [0.5, 0.6) is 0 Å². The highest BCUT2D eigenvalue weighted by atomic mass is 16.5. The third-order valence-electron chi connectivity index (χ3n) is 2.61. The summed E-state index contributed by atoms with van der Waals surface area (Å²) in [5, 5.41) is 0. The van der Waals surface area contributed by atoms with Gasteiger partial charge < -0.3 is 9.64 Å². The lowest BCUT2D eigenvalue weighted by molar-refractivity contribution is 0.204. The molecule has 1 rings (SSSR count). The Morgan fingerprint density at radius 3 is 2.50 bits per heavy atom. The van der Waals surface area contributed by atoms with Crippen LogP contribution in [-0.2, 0) is 4.74 Å². The molecule has 1 aliphatic rings. The van der Waals surface area contributed by atoms with E-state index in [4.69, 9.17) is 4.74 Å². The van der Waals surface area contributed by atoms with Gasteiger partial charge in [0.05, 0.1) is 7.11 Å². The van der Waals surface area contributed by atoms with Gasteiger partial charge in [0, 0.05) is 18.7 Å². The highest BCUT2D eigenvalue weighted by Gasteiger charge is 2.29. The first-order valence-corrected chi connectivity index (χ1v) is 4.33. The molecule has 0 aromatic heterocycles. The lowest BCUT2D eigenvalue weighted by Crippen LogP contribution is -2.13. The molecule has 0 aromatic rings. The van der Waals surface area contributed by atoms with E-state index in [9.17, 15) is 0 Å². The van der Waals surface area contributed by atoms with Gasteiger partial charge in [-0.1, -0.05) is 20.4 Å². The predicted octanol–water partition coefficient (Wildman–Crippen LogP) is 2.35. The first kappa shape index (κ1) is 9.17. The monoisotopic (exact) mass is 167 g/mol. The zero-order valence-electron chi connectivity index (χ0n) is 8.35. The van der Waals surface area contributed by atoms with E-state index in [-0.39, 0.29) is 0 Å². The second kappa shape index (κ2) is 3.21. The first-order chi connectivity index (χ1) is 5.63. The van der Waals surface area contributed by atoms with E-state index < -0.39 is 0 Å². The summed E-state index contributed by atoms with van der Waals surface area (Å²) in [4.78, 5) is 2.03. The molecule has 0 saturated heterocycles. The van der Waals surface area contributed by atoms with Crippen LogP contribution in [-0.4, -0.2) is 19.1 Å². The molecule has 2 nitrogen and oxygen atoms in total. The molecule has 1 atom stereocenters. The largest absolute Gasteiger partial charge is 0.482 e. The number of methoxy groups -OCH3 is 1. The van der Waals surface area contributed by atoms with Crippen molar-refractivity contribution in [2.45, 2.75) is 20.3 Å². The van der Waals surface area contributed by atoms with Gasteiger partial charge in [-0.25, -0.2) is 0 Å². The normalized spacial score (nSPS) is 23.8. The molecule has 1 aliphatic heterocycles. The maximum atomic E-state index is 5.31. The topological polar surface area (TPSA) is 12.5 Å². The maximum absolute atomic E-state index is 5.31. The predicted molar refractivity (Wildman–Crippen MR) is 50.4 cm³/mol. The molecule has 0 spiro atoms. The number of nitrogens with zero attached hydrogens (tertiary/aromatic N) is 1. The van der Waals surface area contributed by atoms with E-state index in [1.54, 1.807) is 7.11 Å². The highest BCUT2D eigenvalue weighted by molar-refractivity contribution is 5.29. The van der Waals surface area contributed by atoms with Gasteiger partial charge in [0.25, 0.3) is 0 Å². The van der Waals surface area contributed by atoms with Gasteiger partial charge in [0.2, 0.25) is 0 Å². The molecule has 0 aromatic carbocycles. The van der Waals surface area contributed by atoms with Crippen molar-refractivity contribution >= 4 is 0 Å². The highest BCUT2D eigenvalue weighted by Crippen LogP contribution is 2.36. The summed E-state index contributed by atoms with van der Waals surface area (Å²) >= 11 is 0. The van der Waals surface area contributed by atoms with Crippen molar-refractivity contribution in [1.29, 1.82) is 0 Å². The molecule has 0 saturated carbocycles. The number of allylic oxidation sites excluding steroid dienone is 1. The Hall–Kier alpha value is -0.920. The average Bonchev–Trinajstić information content (AvgIpc) is 2.29. The average molecular weight is 167 g/mol. The number of rotatable bonds is 2. The zero-order chi connectivity index (χ0) is 9.30. The lowest BCUT2D eigenvalue weighted by Gasteiger charge is -2.16. The smallest absolute Gasteiger partial charge is 0.192 e. The summed E-state index contributed by atoms with van der Waals surface area (Å²) in [6, 6.07) is 0. The van der Waals surface area contributed by atoms with Crippen molar-refractivity contribution in [3.05, 3.63) is 23.7 Å². The van der Waals surface area contributed by atoms with Crippen LogP contribution in [0.3, 0.4) is 0 Å². The zero-order valence-corrected chi connectivity index (χ0v) is 8.35. The van der Waals surface area contributed by atoms with E-state index >= 15 is 0 Å². The van der Waals surface area contributed by atoms with Crippen LogP contribution in [0.2, 0.25) is 0 Å². The lowest BCUT2D eigenvalue weighted by atomic mass is 10.0. The van der Waals surface area contributed by atoms with E-state index in [1.165, 1.54) is 5.57 Å². The second-order valence-corrected chi connectivity index (χ2v) is 3.16. The van der Waals surface area contributed by atoms with Gasteiger partial charge in [-0.2, -0.15) is 0 Å². The molecule has 0 N–H and O–H groups in total. The third kappa shape index (κ3) is 1.11. The van der Waals surface area contributed by atoms with E-state index in [0.717, 1.165) is 18.0 Å². The van der Waals surface area contributed by atoms with Gasteiger partial charge in [0.15, 0.2) is 5.88 Å². The number of hydrogen-bond acceptors (Lipinski definition) is 2. The van der Waals surface area contributed by atoms with Crippen LogP contribution in [0, 0.1) is 5.92 Å². The molecule has 0 amide bonds. The Morgan fingerprint density at radius 2 is 2.17 bits per heavy atom. The minimum absolute atomic E-state index is 0.440. The van der Waals surface area contributed by atoms with Crippen molar-refractivity contribution in [2.24, 2.45) is 5.92 Å². The Morgan fingerprint density at radius 1 is 1.58 bits per heavy atom. The first-order valence-electron chi connectivity index (χ1n) is 4.33. The Balaban J connectivity index is 3.00. The second-order valence-electron chi connectivity index (χ2n) is 3.16. The van der Waals surface area contributed by atoms with Gasteiger partial charge in [-0.3, -0.25) is 0 Å². The third-order valence-corrected chi connectivity index (χ3v) is 2.61. The number of hydrogen-bond donors (Lipinski definition) is 0. The van der Waals surface area contributed by atoms with Crippen LogP contribution in [0.1, 0.15) is 20.3 Å². The molecule has 0 aliphatic carbocycles. The van der Waals surface area contributed by atoms with Gasteiger partial charge >= 0.3 is 0 Å². The Bertz CT molecular complexity index is 208. The number of ether oxygens (including phenoxy) is 1. The summed E-state index contributed by atoms with van der Waals surface area (Å²) in [5.74, 6) is 1.42. The van der Waals surface area contributed by atoms with E-state index in [1.807, 2.05) is 11.9 Å². The van der Waals surface area contributed by atoms with Crippen molar-refractivity contribution < 1.29 is 4.74 Å². The van der Waals surface area contributed by atoms with Crippen molar-refractivity contribution in [1.82, 2.24) is 4.90 Å². The van der Waals surface area contributed by atoms with Crippen LogP contribution < -0.4 is 0 Å². The van der Waals surface area contributed by atoms with Gasteiger partial charge in [-0.15, -0.1) is 0 Å². The summed E-state index contributed by atoms with van der Waals surface area (Å²) in [5.41, 5.74) is 2.48. The van der Waals surface area contributed by atoms with Crippen molar-refractivity contribution in [2.75, 3.05) is 14.2 Å². The molecular formula is C10H17NO. The molecule has 1 unspecified atom stereocenters. The minimum atomic E-state index is 0.440. The van der Waals surface area contributed by atoms with Gasteiger partial charge in [0.1, 0.15) is 0 Å². The molecule has 68 valence electrons. The van der Waals surface area contributed by atoms with E-state index in [2.05, 4.69) is 20.4 Å². The van der Waals surface area contributed by atoms with Crippen molar-refractivity contribution in [3.8, 4) is 0 Å². The Labute approximate surface area is 74.5 Å². The fourth-order valence-electron chi connectivity index (χ4n) is 1.75. The fourth-order valence-corrected chi connectivity index (χ4v) is 1.75. The molecule has 0 radical (unpaired) electrons. The Kier molecular flexibility index (Phi) is 2.46. The molecule has 0 bridgehead atoms. The molecule has 12 heavy (non-hydrogen) atoms. The standard InChI is InChI=1S/C10H17NO/c1-6-9-7(2)8(3)11(4)10(9)12-5/h7H,3,6H2,1-2,4-5H3. The van der Waals surface area contributed by atoms with Crippen LogP contribution >= 0.6 is 0 Å². The summed E-state index contributed by atoms with van der Waals surface area (Å²) in [7, 11) is 3.72. The summed E-state index contributed by atoms with van der Waals surface area (Å²) in [6.45, 7) is 8.34. The quantitative estimate of drug-likeness (QED) is 0.626. The molecular weight excluding hydrogens is 150 g/mol. The molecule has 2 heteroatoms. The summed E-state index contributed by atoms with van der Waals surface area (Å²) < 4.78 is 5.31. The van der Waals surface area contributed by atoms with Crippen LogP contribution in [0.25, 0.3) is 0 Å². The molecule has 1 heterocycles. The maximum Gasteiger partial charge on any atom is 0.192 e.